The van der Waals surface area contributed by atoms with Crippen LogP contribution in [0.5, 0.6) is 0 Å². The molecule has 0 atom stereocenters. The number of hydrogen-bond acceptors (Lipinski definition) is 13. The SMILES string of the molecule is N=C1C(=O)c2ccc(Nc3nc(Cl)nc(N4CCN(CCN)CC4)n3)cc2C=C1SOOO. The summed E-state index contributed by atoms with van der Waals surface area (Å²) in [7, 11) is 0. The Morgan fingerprint density at radius 1 is 1.24 bits per heavy atom. The highest BCUT2D eigenvalue weighted by atomic mass is 35.5. The van der Waals surface area contributed by atoms with E-state index in [0.717, 1.165) is 32.7 Å². The van der Waals surface area contributed by atoms with E-state index in [-0.39, 0.29) is 21.8 Å². The number of halogens is 1. The van der Waals surface area contributed by atoms with Gasteiger partial charge in [-0.3, -0.25) is 15.1 Å². The van der Waals surface area contributed by atoms with Gasteiger partial charge in [-0.05, 0) is 41.4 Å². The van der Waals surface area contributed by atoms with E-state index in [2.05, 4.69) is 34.5 Å². The predicted molar refractivity (Wildman–Crippen MR) is 125 cm³/mol. The molecule has 2 heterocycles. The van der Waals surface area contributed by atoms with Crippen molar-refractivity contribution in [3.8, 4) is 0 Å². The van der Waals surface area contributed by atoms with Crippen molar-refractivity contribution in [3.63, 3.8) is 0 Å². The van der Waals surface area contributed by atoms with Crippen molar-refractivity contribution in [1.82, 2.24) is 19.9 Å². The summed E-state index contributed by atoms with van der Waals surface area (Å²) in [6.07, 6.45) is 1.58. The molecule has 4 rings (SSSR count). The minimum atomic E-state index is -0.470. The van der Waals surface area contributed by atoms with Crippen LogP contribution < -0.4 is 16.0 Å². The van der Waals surface area contributed by atoms with Gasteiger partial charge >= 0.3 is 0 Å². The number of ketones is 1. The lowest BCUT2D eigenvalue weighted by Gasteiger charge is -2.34. The first-order valence-electron chi connectivity index (χ1n) is 9.98. The Hall–Kier alpha value is -2.65. The van der Waals surface area contributed by atoms with Crippen LogP contribution in [-0.4, -0.2) is 75.9 Å². The second kappa shape index (κ2) is 10.5. The molecule has 1 aromatic heterocycles. The van der Waals surface area contributed by atoms with E-state index in [4.69, 9.17) is 28.0 Å². The Morgan fingerprint density at radius 2 is 2.03 bits per heavy atom. The summed E-state index contributed by atoms with van der Waals surface area (Å²) in [4.78, 5) is 29.9. The molecule has 12 nitrogen and oxygen atoms in total. The van der Waals surface area contributed by atoms with Crippen LogP contribution in [-0.2, 0) is 9.37 Å². The van der Waals surface area contributed by atoms with Crippen molar-refractivity contribution < 1.29 is 19.4 Å². The number of allylic oxidation sites excluding steroid dienone is 1. The van der Waals surface area contributed by atoms with E-state index >= 15 is 0 Å². The van der Waals surface area contributed by atoms with E-state index in [1.54, 1.807) is 24.3 Å². The largest absolute Gasteiger partial charge is 0.338 e. The van der Waals surface area contributed by atoms with E-state index in [9.17, 15) is 4.79 Å². The molecule has 14 heteroatoms. The summed E-state index contributed by atoms with van der Waals surface area (Å²) < 4.78 is 4.38. The van der Waals surface area contributed by atoms with Gasteiger partial charge in [0.15, 0.2) is 0 Å². The normalized spacial score (nSPS) is 16.6. The number of nitrogens with zero attached hydrogens (tertiary/aromatic N) is 5. The van der Waals surface area contributed by atoms with Crippen LogP contribution in [0.1, 0.15) is 15.9 Å². The van der Waals surface area contributed by atoms with E-state index < -0.39 is 5.78 Å². The number of piperazine rings is 1. The number of rotatable bonds is 8. The molecule has 0 bridgehead atoms. The molecule has 1 fully saturated rings. The average Bonchev–Trinajstić information content (AvgIpc) is 2.81. The number of nitrogens with one attached hydrogen (secondary N) is 2. The number of anilines is 3. The maximum Gasteiger partial charge on any atom is 0.233 e. The fourth-order valence-corrected chi connectivity index (χ4v) is 4.17. The highest BCUT2D eigenvalue weighted by Crippen LogP contribution is 2.31. The Labute approximate surface area is 198 Å². The van der Waals surface area contributed by atoms with Gasteiger partial charge in [0.1, 0.15) is 5.71 Å². The summed E-state index contributed by atoms with van der Waals surface area (Å²) in [6, 6.07) is 5.01. The molecule has 0 unspecified atom stereocenters. The lowest BCUT2D eigenvalue weighted by molar-refractivity contribution is -0.431. The minimum absolute atomic E-state index is 0.0632. The van der Waals surface area contributed by atoms with Crippen LogP contribution in [0.2, 0.25) is 5.28 Å². The second-order valence-corrected chi connectivity index (χ2v) is 8.29. The van der Waals surface area contributed by atoms with Crippen molar-refractivity contribution in [2.45, 2.75) is 0 Å². The van der Waals surface area contributed by atoms with Crippen molar-refractivity contribution >= 4 is 58.8 Å². The van der Waals surface area contributed by atoms with Crippen LogP contribution in [0, 0.1) is 5.41 Å². The second-order valence-electron chi connectivity index (χ2n) is 7.21. The number of carbonyl (C=O) groups is 1. The van der Waals surface area contributed by atoms with E-state index in [0.29, 0.717) is 41.4 Å². The highest BCUT2D eigenvalue weighted by Gasteiger charge is 2.26. The maximum absolute atomic E-state index is 12.5. The van der Waals surface area contributed by atoms with Crippen molar-refractivity contribution in [2.75, 3.05) is 49.5 Å². The molecule has 0 radical (unpaired) electrons. The van der Waals surface area contributed by atoms with Crippen molar-refractivity contribution in [3.05, 3.63) is 39.5 Å². The number of hydrogen-bond donors (Lipinski definition) is 4. The molecule has 1 aliphatic heterocycles. The zero-order valence-electron chi connectivity index (χ0n) is 17.3. The summed E-state index contributed by atoms with van der Waals surface area (Å²) in [5.74, 6) is 0.272. The fraction of sp³-hybridized carbons (Fsp3) is 0.316. The first-order valence-corrected chi connectivity index (χ1v) is 11.1. The zero-order chi connectivity index (χ0) is 23.4. The van der Waals surface area contributed by atoms with Crippen molar-refractivity contribution in [2.24, 2.45) is 5.73 Å². The Kier molecular flexibility index (Phi) is 7.49. The van der Waals surface area contributed by atoms with Crippen molar-refractivity contribution in [1.29, 1.82) is 5.41 Å². The van der Waals surface area contributed by atoms with Gasteiger partial charge in [-0.2, -0.15) is 15.0 Å². The van der Waals surface area contributed by atoms with E-state index in [1.807, 2.05) is 4.90 Å². The standard InChI is InChI=1S/C19H21ClN8O4S/c20-17-24-18(26-19(25-17)28-7-5-27(4-3-21)6-8-28)23-12-1-2-13-11(9-12)10-14(33-32-31-30)15(22)16(13)29/h1-2,9-10,22,30H,3-8,21H2,(H,23,24,25,26). The lowest BCUT2D eigenvalue weighted by atomic mass is 9.94. The first kappa shape index (κ1) is 23.5. The third-order valence-electron chi connectivity index (χ3n) is 5.16. The molecule has 0 saturated carbocycles. The monoisotopic (exact) mass is 492 g/mol. The minimum Gasteiger partial charge on any atom is -0.338 e. The molecule has 174 valence electrons. The van der Waals surface area contributed by atoms with Gasteiger partial charge < -0.3 is 16.0 Å². The molecule has 0 amide bonds. The quantitative estimate of drug-likeness (QED) is 0.241. The zero-order valence-corrected chi connectivity index (χ0v) is 18.9. The lowest BCUT2D eigenvalue weighted by Crippen LogP contribution is -2.48. The number of Topliss-reactive ketones (excluding diaryl/α,β-unsaturated/α-hetero) is 1. The molecule has 1 aliphatic carbocycles. The van der Waals surface area contributed by atoms with Crippen LogP contribution in [0.4, 0.5) is 17.6 Å². The van der Waals surface area contributed by atoms with Crippen LogP contribution >= 0.6 is 23.6 Å². The fourth-order valence-electron chi connectivity index (χ4n) is 3.56. The molecule has 5 N–H and O–H groups in total. The summed E-state index contributed by atoms with van der Waals surface area (Å²) >= 11 is 6.71. The smallest absolute Gasteiger partial charge is 0.233 e. The van der Waals surface area contributed by atoms with E-state index in [1.165, 1.54) is 0 Å². The molecule has 1 aromatic carbocycles. The molecule has 2 aromatic rings. The molecule has 33 heavy (non-hydrogen) atoms. The summed E-state index contributed by atoms with van der Waals surface area (Å²) in [5.41, 5.74) is 6.91. The van der Waals surface area contributed by atoms with Crippen LogP contribution in [0.3, 0.4) is 0 Å². The average molecular weight is 493 g/mol. The van der Waals surface area contributed by atoms with Gasteiger partial charge in [-0.15, -0.1) is 4.33 Å². The molecule has 1 saturated heterocycles. The molecule has 0 spiro atoms. The van der Waals surface area contributed by atoms with Crippen LogP contribution in [0.25, 0.3) is 6.08 Å². The Bertz CT molecular complexity index is 1090. The van der Waals surface area contributed by atoms with Crippen LogP contribution in [0.15, 0.2) is 23.1 Å². The number of nitrogens with two attached hydrogens (primary N) is 1. The predicted octanol–water partition coefficient (Wildman–Crippen LogP) is 1.98. The van der Waals surface area contributed by atoms with Gasteiger partial charge in [0.05, 0.1) is 16.9 Å². The molecular formula is C19H21ClN8O4S. The number of fused-ring (bicyclic) bond motifs is 1. The third-order valence-corrected chi connectivity index (χ3v) is 5.96. The number of aromatic nitrogens is 3. The highest BCUT2D eigenvalue weighted by molar-refractivity contribution is 7.99. The number of carbonyl (C=O) groups excluding carboxylic acids is 1. The van der Waals surface area contributed by atoms with Gasteiger partial charge in [0, 0.05) is 50.5 Å². The molecular weight excluding hydrogens is 472 g/mol. The molecule has 2 aliphatic rings. The van der Waals surface area contributed by atoms with Gasteiger partial charge in [0.25, 0.3) is 0 Å². The summed E-state index contributed by atoms with van der Waals surface area (Å²) in [5, 5.41) is 23.0. The van der Waals surface area contributed by atoms with Gasteiger partial charge in [-0.1, -0.05) is 5.04 Å². The Balaban J connectivity index is 1.53. The first-order chi connectivity index (χ1) is 16.0. The van der Waals surface area contributed by atoms with Gasteiger partial charge in [-0.25, -0.2) is 5.26 Å². The third kappa shape index (κ3) is 5.47. The maximum atomic E-state index is 12.5. The number of benzene rings is 1. The topological polar surface area (TPSA) is 163 Å². The van der Waals surface area contributed by atoms with Gasteiger partial charge in [0.2, 0.25) is 23.0 Å². The summed E-state index contributed by atoms with van der Waals surface area (Å²) in [6.45, 7) is 4.68. The Morgan fingerprint density at radius 3 is 2.76 bits per heavy atom.